The molecular formula is C17H25NO3. The fourth-order valence-corrected chi connectivity index (χ4v) is 2.96. The highest BCUT2D eigenvalue weighted by Crippen LogP contribution is 2.38. The van der Waals surface area contributed by atoms with Crippen LogP contribution >= 0.6 is 0 Å². The molecule has 0 aromatic rings. The van der Waals surface area contributed by atoms with Crippen molar-refractivity contribution in [1.29, 1.82) is 0 Å². The van der Waals surface area contributed by atoms with Gasteiger partial charge in [0.25, 0.3) is 0 Å². The summed E-state index contributed by atoms with van der Waals surface area (Å²) in [6.07, 6.45) is 8.68. The van der Waals surface area contributed by atoms with Gasteiger partial charge in [-0.2, -0.15) is 0 Å². The number of rotatable bonds is 3. The second-order valence-corrected chi connectivity index (χ2v) is 6.35. The second kappa shape index (κ2) is 6.29. The number of carbonyl (C=O) groups excluding carboxylic acids is 2. The Morgan fingerprint density at radius 1 is 1.14 bits per heavy atom. The Hall–Kier alpha value is -1.84. The van der Waals surface area contributed by atoms with E-state index in [4.69, 9.17) is 4.74 Å². The summed E-state index contributed by atoms with van der Waals surface area (Å²) in [5.74, 6) is 0.184. The van der Waals surface area contributed by atoms with Gasteiger partial charge in [-0.25, -0.2) is 4.79 Å². The quantitative estimate of drug-likeness (QED) is 0.591. The molecule has 0 saturated carbocycles. The average molecular weight is 291 g/mol. The van der Waals surface area contributed by atoms with Crippen molar-refractivity contribution in [2.75, 3.05) is 0 Å². The first-order chi connectivity index (χ1) is 9.64. The second-order valence-electron chi connectivity index (χ2n) is 6.35. The molecule has 0 aromatic carbocycles. The number of carbonyl (C=O) groups is 2. The van der Waals surface area contributed by atoms with Crippen LogP contribution in [0.3, 0.4) is 0 Å². The minimum Gasteiger partial charge on any atom is -0.428 e. The van der Waals surface area contributed by atoms with Crippen molar-refractivity contribution in [3.8, 4) is 0 Å². The van der Waals surface area contributed by atoms with Crippen LogP contribution < -0.4 is 0 Å². The Kier molecular flexibility index (Phi) is 5.15. The van der Waals surface area contributed by atoms with E-state index in [1.54, 1.807) is 25.2 Å². The van der Waals surface area contributed by atoms with E-state index in [1.165, 1.54) is 6.08 Å². The van der Waals surface area contributed by atoms with Gasteiger partial charge in [-0.3, -0.25) is 4.79 Å². The first-order valence-corrected chi connectivity index (χ1v) is 7.17. The van der Waals surface area contributed by atoms with Crippen LogP contribution in [0.15, 0.2) is 36.1 Å². The largest absolute Gasteiger partial charge is 0.428 e. The SMILES string of the molecule is CC=CC(=O)OC1=CC(C)(C)N(C(=O)C=CC)C(C)(C)C1. The van der Waals surface area contributed by atoms with E-state index in [2.05, 4.69) is 0 Å². The number of hydrogen-bond donors (Lipinski definition) is 0. The van der Waals surface area contributed by atoms with Crippen molar-refractivity contribution >= 4 is 11.9 Å². The molecule has 0 radical (unpaired) electrons. The summed E-state index contributed by atoms with van der Waals surface area (Å²) in [6, 6.07) is 0. The maximum Gasteiger partial charge on any atom is 0.335 e. The summed E-state index contributed by atoms with van der Waals surface area (Å²) in [7, 11) is 0. The van der Waals surface area contributed by atoms with Crippen LogP contribution in [0, 0.1) is 0 Å². The van der Waals surface area contributed by atoms with E-state index in [9.17, 15) is 9.59 Å². The third-order valence-corrected chi connectivity index (χ3v) is 3.37. The van der Waals surface area contributed by atoms with Crippen LogP contribution in [0.5, 0.6) is 0 Å². The van der Waals surface area contributed by atoms with Gasteiger partial charge in [0.2, 0.25) is 5.91 Å². The molecule has 0 aliphatic carbocycles. The highest BCUT2D eigenvalue weighted by atomic mass is 16.5. The summed E-state index contributed by atoms with van der Waals surface area (Å²) < 4.78 is 5.37. The first kappa shape index (κ1) is 17.2. The molecule has 4 heteroatoms. The zero-order valence-corrected chi connectivity index (χ0v) is 13.8. The van der Waals surface area contributed by atoms with Gasteiger partial charge in [0.05, 0.1) is 5.54 Å². The van der Waals surface area contributed by atoms with Crippen molar-refractivity contribution in [2.24, 2.45) is 0 Å². The summed E-state index contributed by atoms with van der Waals surface area (Å²) in [5.41, 5.74) is -0.954. The van der Waals surface area contributed by atoms with Crippen LogP contribution in [-0.2, 0) is 14.3 Å². The molecule has 1 aliphatic heterocycles. The number of amides is 1. The Labute approximate surface area is 127 Å². The summed E-state index contributed by atoms with van der Waals surface area (Å²) >= 11 is 0. The molecule has 1 rings (SSSR count). The Bertz CT molecular complexity index is 510. The van der Waals surface area contributed by atoms with E-state index >= 15 is 0 Å². The van der Waals surface area contributed by atoms with Gasteiger partial charge >= 0.3 is 5.97 Å². The van der Waals surface area contributed by atoms with Crippen molar-refractivity contribution in [3.63, 3.8) is 0 Å². The lowest BCUT2D eigenvalue weighted by Gasteiger charge is -2.50. The molecule has 0 atom stereocenters. The van der Waals surface area contributed by atoms with Gasteiger partial charge in [0.1, 0.15) is 5.76 Å². The third kappa shape index (κ3) is 4.06. The molecule has 0 N–H and O–H groups in total. The number of allylic oxidation sites excluding steroid dienone is 2. The monoisotopic (exact) mass is 291 g/mol. The van der Waals surface area contributed by atoms with Gasteiger partial charge < -0.3 is 9.64 Å². The van der Waals surface area contributed by atoms with Crippen LogP contribution in [0.25, 0.3) is 0 Å². The van der Waals surface area contributed by atoms with E-state index in [-0.39, 0.29) is 11.9 Å². The van der Waals surface area contributed by atoms with Crippen LogP contribution in [0.2, 0.25) is 0 Å². The highest BCUT2D eigenvalue weighted by Gasteiger charge is 2.44. The molecule has 1 heterocycles. The molecule has 0 fully saturated rings. The van der Waals surface area contributed by atoms with Gasteiger partial charge in [-0.1, -0.05) is 12.2 Å². The van der Waals surface area contributed by atoms with Crippen LogP contribution in [0.4, 0.5) is 0 Å². The number of hydrogen-bond acceptors (Lipinski definition) is 3. The van der Waals surface area contributed by atoms with Gasteiger partial charge in [-0.15, -0.1) is 0 Å². The fraction of sp³-hybridized carbons (Fsp3) is 0.529. The zero-order chi connectivity index (χ0) is 16.3. The molecule has 116 valence electrons. The molecular weight excluding hydrogens is 266 g/mol. The van der Waals surface area contributed by atoms with Crippen molar-refractivity contribution in [1.82, 2.24) is 4.90 Å². The summed E-state index contributed by atoms with van der Waals surface area (Å²) in [4.78, 5) is 25.8. The molecule has 21 heavy (non-hydrogen) atoms. The van der Waals surface area contributed by atoms with E-state index in [0.29, 0.717) is 12.2 Å². The lowest BCUT2D eigenvalue weighted by atomic mass is 9.83. The number of nitrogens with zero attached hydrogens (tertiary/aromatic N) is 1. The minimum absolute atomic E-state index is 0.0393. The number of esters is 1. The lowest BCUT2D eigenvalue weighted by Crippen LogP contribution is -2.59. The van der Waals surface area contributed by atoms with Crippen molar-refractivity contribution in [3.05, 3.63) is 36.1 Å². The summed E-state index contributed by atoms with van der Waals surface area (Å²) in [6.45, 7) is 11.4. The highest BCUT2D eigenvalue weighted by molar-refractivity contribution is 5.89. The van der Waals surface area contributed by atoms with Gasteiger partial charge in [0.15, 0.2) is 0 Å². The van der Waals surface area contributed by atoms with Crippen molar-refractivity contribution < 1.29 is 14.3 Å². The standard InChI is InChI=1S/C17H25NO3/c1-7-9-14(19)18-16(3,4)11-13(12-17(18,5)6)21-15(20)10-8-2/h7-11H,12H2,1-6H3. The predicted octanol–water partition coefficient (Wildman–Crippen LogP) is 3.36. The molecule has 1 aliphatic rings. The van der Waals surface area contributed by atoms with E-state index in [0.717, 1.165) is 0 Å². The van der Waals surface area contributed by atoms with Gasteiger partial charge in [0, 0.05) is 18.0 Å². The maximum absolute atomic E-state index is 12.4. The van der Waals surface area contributed by atoms with Gasteiger partial charge in [-0.05, 0) is 53.7 Å². The van der Waals surface area contributed by atoms with E-state index in [1.807, 2.05) is 45.6 Å². The normalized spacial score (nSPS) is 20.7. The molecule has 0 saturated heterocycles. The zero-order valence-electron chi connectivity index (χ0n) is 13.8. The lowest BCUT2D eigenvalue weighted by molar-refractivity contribution is -0.140. The fourth-order valence-electron chi connectivity index (χ4n) is 2.96. The minimum atomic E-state index is -0.524. The van der Waals surface area contributed by atoms with Crippen molar-refractivity contribution in [2.45, 2.75) is 59.0 Å². The first-order valence-electron chi connectivity index (χ1n) is 7.17. The number of ether oxygens (including phenoxy) is 1. The molecule has 0 spiro atoms. The smallest absolute Gasteiger partial charge is 0.335 e. The maximum atomic E-state index is 12.4. The van der Waals surface area contributed by atoms with Crippen LogP contribution in [0.1, 0.15) is 48.0 Å². The Morgan fingerprint density at radius 2 is 1.71 bits per heavy atom. The van der Waals surface area contributed by atoms with Crippen LogP contribution in [-0.4, -0.2) is 27.9 Å². The Morgan fingerprint density at radius 3 is 2.19 bits per heavy atom. The van der Waals surface area contributed by atoms with E-state index < -0.39 is 11.1 Å². The topological polar surface area (TPSA) is 46.6 Å². The predicted molar refractivity (Wildman–Crippen MR) is 83.4 cm³/mol. The molecule has 0 aromatic heterocycles. The molecule has 0 unspecified atom stereocenters. The third-order valence-electron chi connectivity index (χ3n) is 3.37. The molecule has 0 bridgehead atoms. The summed E-state index contributed by atoms with van der Waals surface area (Å²) in [5, 5.41) is 0. The molecule has 4 nitrogen and oxygen atoms in total. The molecule has 1 amide bonds. The average Bonchev–Trinajstić information content (AvgIpc) is 2.25. The Balaban J connectivity index is 3.12.